The Morgan fingerprint density at radius 1 is 1.07 bits per heavy atom. The van der Waals surface area contributed by atoms with E-state index in [0.717, 1.165) is 40.8 Å². The zero-order valence-corrected chi connectivity index (χ0v) is 24.9. The Labute approximate surface area is 239 Å². The van der Waals surface area contributed by atoms with Crippen LogP contribution >= 0.6 is 11.3 Å². The summed E-state index contributed by atoms with van der Waals surface area (Å²) >= 11 is 1.30. The second-order valence-corrected chi connectivity index (χ2v) is 15.4. The minimum atomic E-state index is -3.63. The molecule has 0 atom stereocenters. The van der Waals surface area contributed by atoms with Gasteiger partial charge in [-0.05, 0) is 36.0 Å². The molecule has 0 aliphatic heterocycles. The Bertz CT molecular complexity index is 1530. The van der Waals surface area contributed by atoms with Gasteiger partial charge in [0.1, 0.15) is 0 Å². The molecule has 8 nitrogen and oxygen atoms in total. The van der Waals surface area contributed by atoms with Crippen molar-refractivity contribution in [1.29, 1.82) is 0 Å². The fourth-order valence-electron chi connectivity index (χ4n) is 5.88. The molecule has 2 fully saturated rings. The van der Waals surface area contributed by atoms with Crippen LogP contribution in [0.15, 0.2) is 35.5 Å². The maximum atomic E-state index is 13.4. The molecule has 0 saturated heterocycles. The molecule has 2 N–H and O–H groups in total. The molecule has 0 spiro atoms. The summed E-state index contributed by atoms with van der Waals surface area (Å²) in [5.74, 6) is -1.07. The third-order valence-electron chi connectivity index (χ3n) is 7.84. The number of nitrogens with zero attached hydrogens (tertiary/aromatic N) is 2. The second kappa shape index (κ2) is 11.2. The molecule has 214 valence electrons. The maximum Gasteiger partial charge on any atom is 0.306 e. The lowest BCUT2D eigenvalue weighted by molar-refractivity contribution is -0.145. The van der Waals surface area contributed by atoms with Crippen molar-refractivity contribution < 1.29 is 23.1 Å². The minimum absolute atomic E-state index is 0.0158. The number of benzene rings is 1. The summed E-state index contributed by atoms with van der Waals surface area (Å²) in [6, 6.07) is 7.25. The molecule has 10 heteroatoms. The number of hydrogen-bond donors (Lipinski definition) is 2. The summed E-state index contributed by atoms with van der Waals surface area (Å²) in [7, 11) is -3.63. The van der Waals surface area contributed by atoms with E-state index < -0.39 is 27.1 Å². The number of aromatic nitrogens is 2. The molecule has 2 aliphatic carbocycles. The van der Waals surface area contributed by atoms with E-state index >= 15 is 0 Å². The molecule has 40 heavy (non-hydrogen) atoms. The van der Waals surface area contributed by atoms with E-state index in [-0.39, 0.29) is 22.7 Å². The fourth-order valence-corrected chi connectivity index (χ4v) is 8.90. The van der Waals surface area contributed by atoms with Crippen LogP contribution in [0.25, 0.3) is 21.2 Å². The molecule has 0 radical (unpaired) electrons. The molecule has 1 amide bonds. The van der Waals surface area contributed by atoms with Crippen LogP contribution in [0.3, 0.4) is 0 Å². The highest BCUT2D eigenvalue weighted by atomic mass is 32.2. The number of thiazole rings is 1. The molecule has 3 aromatic rings. The molecule has 2 aromatic heterocycles. The Morgan fingerprint density at radius 2 is 1.75 bits per heavy atom. The van der Waals surface area contributed by atoms with Gasteiger partial charge >= 0.3 is 5.97 Å². The van der Waals surface area contributed by atoms with E-state index in [1.54, 1.807) is 12.3 Å². The van der Waals surface area contributed by atoms with Gasteiger partial charge < -0.3 is 10.4 Å². The van der Waals surface area contributed by atoms with E-state index in [2.05, 4.69) is 10.3 Å². The summed E-state index contributed by atoms with van der Waals surface area (Å²) in [5, 5.41) is 13.9. The van der Waals surface area contributed by atoms with E-state index in [1.807, 2.05) is 39.0 Å². The van der Waals surface area contributed by atoms with Gasteiger partial charge in [-0.25, -0.2) is 18.4 Å². The number of hydrogen-bond acceptors (Lipinski definition) is 7. The van der Waals surface area contributed by atoms with Crippen molar-refractivity contribution in [1.82, 2.24) is 15.3 Å². The van der Waals surface area contributed by atoms with Crippen molar-refractivity contribution in [2.24, 2.45) is 17.3 Å². The first-order valence-corrected chi connectivity index (χ1v) is 16.5. The van der Waals surface area contributed by atoms with Gasteiger partial charge in [-0.1, -0.05) is 77.1 Å². The monoisotopic (exact) mass is 583 g/mol. The molecule has 2 heterocycles. The molecule has 0 unspecified atom stereocenters. The van der Waals surface area contributed by atoms with Crippen molar-refractivity contribution in [2.75, 3.05) is 5.75 Å². The highest BCUT2D eigenvalue weighted by molar-refractivity contribution is 7.91. The standard InChI is InChI=1S/C30H37N3O5S2/c1-30(2,3)17-40(37,38)28-22-12-8-7-11-21(22)23(16-31-28)25-24(13-18-9-5-4-6-10-18)33-27(39-25)26(34)32-20-14-19(15-20)29(35)36/h7-8,11-12,16,18-20H,4-6,9-10,13-15,17H2,1-3H3,(H,32,34)(H,35,36)/t19-,20-. The van der Waals surface area contributed by atoms with Crippen LogP contribution in [-0.2, 0) is 21.1 Å². The number of carbonyl (C=O) groups excluding carboxylic acids is 1. The summed E-state index contributed by atoms with van der Waals surface area (Å²) in [6.45, 7) is 5.69. The predicted octanol–water partition coefficient (Wildman–Crippen LogP) is 5.89. The fraction of sp³-hybridized carbons (Fsp3) is 0.533. The van der Waals surface area contributed by atoms with Crippen LogP contribution in [0.2, 0.25) is 0 Å². The molecule has 0 bridgehead atoms. The highest BCUT2D eigenvalue weighted by Gasteiger charge is 2.36. The van der Waals surface area contributed by atoms with E-state index in [4.69, 9.17) is 10.1 Å². The van der Waals surface area contributed by atoms with E-state index in [1.165, 1.54) is 30.6 Å². The van der Waals surface area contributed by atoms with Gasteiger partial charge in [0, 0.05) is 23.2 Å². The Hall–Kier alpha value is -2.85. The molecule has 5 rings (SSSR count). The maximum absolute atomic E-state index is 13.4. The van der Waals surface area contributed by atoms with Gasteiger partial charge in [-0.2, -0.15) is 0 Å². The summed E-state index contributed by atoms with van der Waals surface area (Å²) in [6.07, 6.45) is 9.10. The smallest absolute Gasteiger partial charge is 0.306 e. The number of amides is 1. The SMILES string of the molecule is CC(C)(C)CS(=O)(=O)c1ncc(-c2sc(C(=O)N[C@H]3C[C@H](C(=O)O)C3)nc2CC2CCCCC2)c2ccccc12. The van der Waals surface area contributed by atoms with Crippen LogP contribution < -0.4 is 5.32 Å². The number of fused-ring (bicyclic) bond motifs is 1. The first kappa shape index (κ1) is 28.7. The van der Waals surface area contributed by atoms with E-state index in [0.29, 0.717) is 29.2 Å². The molecular weight excluding hydrogens is 546 g/mol. The van der Waals surface area contributed by atoms with Crippen LogP contribution in [0.1, 0.15) is 81.2 Å². The number of aliphatic carboxylic acids is 1. The van der Waals surface area contributed by atoms with Crippen molar-refractivity contribution in [3.8, 4) is 10.4 Å². The topological polar surface area (TPSA) is 126 Å². The molecule has 2 saturated carbocycles. The lowest BCUT2D eigenvalue weighted by Crippen LogP contribution is -2.46. The lowest BCUT2D eigenvalue weighted by atomic mass is 9.80. The number of carboxylic acid groups (broad SMARTS) is 1. The number of carboxylic acids is 1. The first-order chi connectivity index (χ1) is 18.9. The largest absolute Gasteiger partial charge is 0.481 e. The van der Waals surface area contributed by atoms with Gasteiger partial charge in [-0.3, -0.25) is 9.59 Å². The van der Waals surface area contributed by atoms with Gasteiger partial charge in [0.25, 0.3) is 5.91 Å². The number of rotatable bonds is 8. The summed E-state index contributed by atoms with van der Waals surface area (Å²) in [5.41, 5.74) is 1.21. The average molecular weight is 584 g/mol. The minimum Gasteiger partial charge on any atom is -0.481 e. The molecular formula is C30H37N3O5S2. The first-order valence-electron chi connectivity index (χ1n) is 14.1. The average Bonchev–Trinajstić information content (AvgIpc) is 3.27. The van der Waals surface area contributed by atoms with Crippen LogP contribution in [0.5, 0.6) is 0 Å². The zero-order valence-electron chi connectivity index (χ0n) is 23.3. The summed E-state index contributed by atoms with van der Waals surface area (Å²) in [4.78, 5) is 34.5. The Balaban J connectivity index is 1.53. The second-order valence-electron chi connectivity index (χ2n) is 12.5. The normalized spacial score (nSPS) is 20.3. The van der Waals surface area contributed by atoms with Gasteiger partial charge in [-0.15, -0.1) is 11.3 Å². The zero-order chi connectivity index (χ0) is 28.7. The number of pyridine rings is 1. The third-order valence-corrected chi connectivity index (χ3v) is 11.1. The van der Waals surface area contributed by atoms with Gasteiger partial charge in [0.05, 0.1) is 22.2 Å². The number of carbonyl (C=O) groups is 2. The number of sulfone groups is 1. The summed E-state index contributed by atoms with van der Waals surface area (Å²) < 4.78 is 26.7. The highest BCUT2D eigenvalue weighted by Crippen LogP contribution is 2.40. The van der Waals surface area contributed by atoms with Crippen LogP contribution in [0.4, 0.5) is 0 Å². The number of nitrogens with one attached hydrogen (secondary N) is 1. The third kappa shape index (κ3) is 6.22. The Morgan fingerprint density at radius 3 is 2.40 bits per heavy atom. The predicted molar refractivity (Wildman–Crippen MR) is 156 cm³/mol. The van der Waals surface area contributed by atoms with Crippen molar-refractivity contribution >= 4 is 43.8 Å². The lowest BCUT2D eigenvalue weighted by Gasteiger charge is -2.32. The van der Waals surface area contributed by atoms with Gasteiger partial charge in [0.15, 0.2) is 19.9 Å². The quantitative estimate of drug-likeness (QED) is 0.338. The van der Waals surface area contributed by atoms with Crippen molar-refractivity contribution in [3.05, 3.63) is 41.2 Å². The van der Waals surface area contributed by atoms with Crippen molar-refractivity contribution in [2.45, 2.75) is 83.2 Å². The Kier molecular flexibility index (Phi) is 8.03. The van der Waals surface area contributed by atoms with Crippen LogP contribution in [-0.4, -0.2) is 47.2 Å². The van der Waals surface area contributed by atoms with Crippen LogP contribution in [0, 0.1) is 17.3 Å². The van der Waals surface area contributed by atoms with Crippen molar-refractivity contribution in [3.63, 3.8) is 0 Å². The molecule has 2 aliphatic rings. The van der Waals surface area contributed by atoms with E-state index in [9.17, 15) is 18.0 Å². The molecule has 1 aromatic carbocycles. The van der Waals surface area contributed by atoms with Gasteiger partial charge in [0.2, 0.25) is 0 Å².